The van der Waals surface area contributed by atoms with Gasteiger partial charge in [0.2, 0.25) is 5.91 Å². The van der Waals surface area contributed by atoms with Crippen molar-refractivity contribution in [1.82, 2.24) is 5.32 Å². The number of anilines is 2. The molecule has 0 radical (unpaired) electrons. The molecule has 0 aromatic heterocycles. The van der Waals surface area contributed by atoms with Crippen LogP contribution in [0.1, 0.15) is 0 Å². The van der Waals surface area contributed by atoms with E-state index < -0.39 is 9.85 Å². The second kappa shape index (κ2) is 8.97. The molecule has 0 saturated heterocycles. The molecular weight excluding hydrogens is 342 g/mol. The summed E-state index contributed by atoms with van der Waals surface area (Å²) >= 11 is 0. The maximum Gasteiger partial charge on any atom is 0.292 e. The van der Waals surface area contributed by atoms with E-state index in [0.29, 0.717) is 18.8 Å². The second-order valence-electron chi connectivity index (χ2n) is 5.21. The van der Waals surface area contributed by atoms with Gasteiger partial charge in [-0.1, -0.05) is 12.1 Å². The third-order valence-corrected chi connectivity index (χ3v) is 3.39. The molecule has 1 amide bonds. The van der Waals surface area contributed by atoms with E-state index in [0.717, 1.165) is 0 Å². The van der Waals surface area contributed by atoms with Crippen molar-refractivity contribution in [1.29, 1.82) is 0 Å². The lowest BCUT2D eigenvalue weighted by Gasteiger charge is -2.09. The molecular formula is C16H17N5O5. The highest BCUT2D eigenvalue weighted by molar-refractivity contribution is 5.81. The fourth-order valence-electron chi connectivity index (χ4n) is 2.13. The van der Waals surface area contributed by atoms with Crippen molar-refractivity contribution in [3.8, 4) is 0 Å². The smallest absolute Gasteiger partial charge is 0.292 e. The maximum absolute atomic E-state index is 11.8. The lowest BCUT2D eigenvalue weighted by molar-refractivity contribution is -0.384. The molecule has 2 rings (SSSR count). The molecule has 2 aromatic rings. The summed E-state index contributed by atoms with van der Waals surface area (Å²) in [5, 5.41) is 29.9. The van der Waals surface area contributed by atoms with Gasteiger partial charge in [-0.2, -0.15) is 0 Å². The predicted molar refractivity (Wildman–Crippen MR) is 96.2 cm³/mol. The fourth-order valence-corrected chi connectivity index (χ4v) is 2.13. The van der Waals surface area contributed by atoms with Gasteiger partial charge in [0.25, 0.3) is 11.4 Å². The molecule has 3 N–H and O–H groups in total. The summed E-state index contributed by atoms with van der Waals surface area (Å²) in [6, 6.07) is 12.0. The molecule has 0 aliphatic heterocycles. The highest BCUT2D eigenvalue weighted by Crippen LogP contribution is 2.22. The number of nitro benzene ring substituents is 2. The van der Waals surface area contributed by atoms with Gasteiger partial charge in [-0.15, -0.1) is 0 Å². The molecule has 26 heavy (non-hydrogen) atoms. The van der Waals surface area contributed by atoms with Crippen LogP contribution in [0, 0.1) is 20.2 Å². The van der Waals surface area contributed by atoms with E-state index in [2.05, 4.69) is 16.0 Å². The summed E-state index contributed by atoms with van der Waals surface area (Å²) in [4.78, 5) is 32.2. The third-order valence-electron chi connectivity index (χ3n) is 3.39. The number of hydrogen-bond acceptors (Lipinski definition) is 7. The van der Waals surface area contributed by atoms with E-state index in [-0.39, 0.29) is 29.5 Å². The Hall–Kier alpha value is -3.69. The first kappa shape index (κ1) is 18.6. The summed E-state index contributed by atoms with van der Waals surface area (Å²) in [6.07, 6.45) is 0. The monoisotopic (exact) mass is 359 g/mol. The quantitative estimate of drug-likeness (QED) is 0.354. The zero-order valence-electron chi connectivity index (χ0n) is 13.7. The van der Waals surface area contributed by atoms with Crippen molar-refractivity contribution in [2.24, 2.45) is 0 Å². The summed E-state index contributed by atoms with van der Waals surface area (Å²) in [5.41, 5.74) is 0.879. The van der Waals surface area contributed by atoms with Crippen molar-refractivity contribution >= 4 is 28.7 Å². The summed E-state index contributed by atoms with van der Waals surface area (Å²) < 4.78 is 0. The van der Waals surface area contributed by atoms with Crippen LogP contribution in [0.4, 0.5) is 22.7 Å². The number of carbonyl (C=O) groups excluding carboxylic acids is 1. The number of non-ortho nitro benzene ring substituents is 1. The van der Waals surface area contributed by atoms with Crippen LogP contribution in [0.25, 0.3) is 0 Å². The zero-order chi connectivity index (χ0) is 18.9. The number of nitro groups is 2. The molecule has 0 fully saturated rings. The van der Waals surface area contributed by atoms with Gasteiger partial charge < -0.3 is 16.0 Å². The summed E-state index contributed by atoms with van der Waals surface area (Å²) in [6.45, 7) is 0.659. The Labute approximate surface area is 148 Å². The van der Waals surface area contributed by atoms with E-state index in [1.165, 1.54) is 24.3 Å². The van der Waals surface area contributed by atoms with Crippen LogP contribution in [0.5, 0.6) is 0 Å². The number of rotatable bonds is 9. The molecule has 2 aromatic carbocycles. The predicted octanol–water partition coefficient (Wildman–Crippen LogP) is 2.14. The van der Waals surface area contributed by atoms with Gasteiger partial charge in [-0.25, -0.2) is 0 Å². The Balaban J connectivity index is 1.71. The molecule has 0 atom stereocenters. The Kier molecular flexibility index (Phi) is 6.43. The minimum absolute atomic E-state index is 0.00457. The fraction of sp³-hybridized carbons (Fsp3) is 0.188. The SMILES string of the molecule is O=C(CNc1ccccc1[N+](=O)[O-])NCCNc1ccc([N+](=O)[O-])cc1. The Morgan fingerprint density at radius 3 is 2.23 bits per heavy atom. The van der Waals surface area contributed by atoms with Gasteiger partial charge in [-0.05, 0) is 18.2 Å². The number of para-hydroxylation sites is 2. The number of carbonyl (C=O) groups is 1. The lowest BCUT2D eigenvalue weighted by atomic mass is 10.2. The molecule has 10 nitrogen and oxygen atoms in total. The molecule has 0 aliphatic rings. The van der Waals surface area contributed by atoms with Crippen LogP contribution < -0.4 is 16.0 Å². The van der Waals surface area contributed by atoms with Crippen molar-refractivity contribution in [2.45, 2.75) is 0 Å². The summed E-state index contributed by atoms with van der Waals surface area (Å²) in [7, 11) is 0. The van der Waals surface area contributed by atoms with E-state index >= 15 is 0 Å². The summed E-state index contributed by atoms with van der Waals surface area (Å²) in [5.74, 6) is -0.311. The number of hydrogen-bond donors (Lipinski definition) is 3. The Morgan fingerprint density at radius 1 is 0.885 bits per heavy atom. The first-order chi connectivity index (χ1) is 12.5. The van der Waals surface area contributed by atoms with Gasteiger partial charge in [0.15, 0.2) is 0 Å². The number of amides is 1. The van der Waals surface area contributed by atoms with Crippen LogP contribution in [0.15, 0.2) is 48.5 Å². The highest BCUT2D eigenvalue weighted by atomic mass is 16.6. The molecule has 0 aliphatic carbocycles. The van der Waals surface area contributed by atoms with Crippen molar-refractivity contribution in [2.75, 3.05) is 30.3 Å². The molecule has 136 valence electrons. The molecule has 0 bridgehead atoms. The Bertz CT molecular complexity index is 794. The van der Waals surface area contributed by atoms with E-state index in [4.69, 9.17) is 0 Å². The first-order valence-corrected chi connectivity index (χ1v) is 7.69. The average Bonchev–Trinajstić information content (AvgIpc) is 2.64. The van der Waals surface area contributed by atoms with E-state index in [9.17, 15) is 25.0 Å². The Morgan fingerprint density at radius 2 is 1.58 bits per heavy atom. The number of nitrogens with zero attached hydrogens (tertiary/aromatic N) is 2. The highest BCUT2D eigenvalue weighted by Gasteiger charge is 2.12. The second-order valence-corrected chi connectivity index (χ2v) is 5.21. The van der Waals surface area contributed by atoms with Gasteiger partial charge in [0.05, 0.1) is 16.4 Å². The van der Waals surface area contributed by atoms with Crippen LogP contribution in [-0.4, -0.2) is 35.4 Å². The largest absolute Gasteiger partial charge is 0.383 e. The molecule has 0 heterocycles. The van der Waals surface area contributed by atoms with E-state index in [1.54, 1.807) is 24.3 Å². The molecule has 0 spiro atoms. The van der Waals surface area contributed by atoms with Gasteiger partial charge in [0, 0.05) is 37.0 Å². The number of nitrogens with one attached hydrogen (secondary N) is 3. The van der Waals surface area contributed by atoms with E-state index in [1.807, 2.05) is 0 Å². The van der Waals surface area contributed by atoms with Crippen molar-refractivity contribution in [3.05, 3.63) is 68.8 Å². The van der Waals surface area contributed by atoms with Crippen molar-refractivity contribution < 1.29 is 14.6 Å². The lowest BCUT2D eigenvalue weighted by Crippen LogP contribution is -2.33. The van der Waals surface area contributed by atoms with Crippen LogP contribution in [0.2, 0.25) is 0 Å². The minimum Gasteiger partial charge on any atom is -0.383 e. The zero-order valence-corrected chi connectivity index (χ0v) is 13.7. The maximum atomic E-state index is 11.8. The van der Waals surface area contributed by atoms with Crippen LogP contribution in [0.3, 0.4) is 0 Å². The third kappa shape index (κ3) is 5.44. The topological polar surface area (TPSA) is 139 Å². The van der Waals surface area contributed by atoms with Crippen molar-refractivity contribution in [3.63, 3.8) is 0 Å². The van der Waals surface area contributed by atoms with Gasteiger partial charge in [-0.3, -0.25) is 25.0 Å². The van der Waals surface area contributed by atoms with Crippen LogP contribution in [-0.2, 0) is 4.79 Å². The normalized spacial score (nSPS) is 10.0. The standard InChI is InChI=1S/C16H17N5O5/c22-16(11-19-14-3-1-2-4-15(14)21(25)26)18-10-9-17-12-5-7-13(8-6-12)20(23)24/h1-8,17,19H,9-11H2,(H,18,22). The molecule has 0 unspecified atom stereocenters. The minimum atomic E-state index is -0.519. The number of benzene rings is 2. The molecule has 0 saturated carbocycles. The van der Waals surface area contributed by atoms with Gasteiger partial charge >= 0.3 is 0 Å². The first-order valence-electron chi connectivity index (χ1n) is 7.69. The van der Waals surface area contributed by atoms with Crippen LogP contribution >= 0.6 is 0 Å². The van der Waals surface area contributed by atoms with Gasteiger partial charge in [0.1, 0.15) is 5.69 Å². The average molecular weight is 359 g/mol. The molecule has 10 heteroatoms.